The third-order valence-corrected chi connectivity index (χ3v) is 2.08. The summed E-state index contributed by atoms with van der Waals surface area (Å²) in [6.07, 6.45) is 0.151. The fourth-order valence-corrected chi connectivity index (χ4v) is 1.23. The van der Waals surface area contributed by atoms with Gasteiger partial charge in [0.05, 0.1) is 6.20 Å². The van der Waals surface area contributed by atoms with Gasteiger partial charge in [-0.05, 0) is 5.56 Å². The Kier molecular flexibility index (Phi) is 3.33. The van der Waals surface area contributed by atoms with Gasteiger partial charge in [0.15, 0.2) is 5.69 Å². The van der Waals surface area contributed by atoms with Crippen molar-refractivity contribution >= 4 is 12.1 Å². The maximum Gasteiger partial charge on any atom is 0.452 e. The Bertz CT molecular complexity index is 565. The molecule has 0 aliphatic carbocycles. The number of benzene rings is 1. The molecule has 0 amide bonds. The number of rotatable bonds is 3. The van der Waals surface area contributed by atoms with Crippen LogP contribution in [0.3, 0.4) is 0 Å². The molecule has 0 saturated heterocycles. The first-order valence-electron chi connectivity index (χ1n) is 5.03. The molecule has 1 heterocycles. The SMILES string of the molecule is O=C(O)c1cnn(C(=O)OCc2ccccc2)n1. The minimum Gasteiger partial charge on any atom is -0.476 e. The molecule has 0 fully saturated rings. The molecule has 2 rings (SSSR count). The van der Waals surface area contributed by atoms with E-state index in [9.17, 15) is 9.59 Å². The van der Waals surface area contributed by atoms with Crippen LogP contribution < -0.4 is 0 Å². The highest BCUT2D eigenvalue weighted by molar-refractivity contribution is 5.85. The van der Waals surface area contributed by atoms with Crippen LogP contribution in [0.15, 0.2) is 36.5 Å². The number of hydrogen-bond donors (Lipinski definition) is 1. The second-order valence-electron chi connectivity index (χ2n) is 3.36. The van der Waals surface area contributed by atoms with Gasteiger partial charge in [0.2, 0.25) is 0 Å². The Balaban J connectivity index is 1.97. The molecule has 0 unspecified atom stereocenters. The van der Waals surface area contributed by atoms with Crippen molar-refractivity contribution in [2.24, 2.45) is 0 Å². The molecule has 18 heavy (non-hydrogen) atoms. The molecule has 1 aromatic carbocycles. The van der Waals surface area contributed by atoms with Crippen LogP contribution in [0.5, 0.6) is 0 Å². The number of carboxylic acid groups (broad SMARTS) is 1. The molecular weight excluding hydrogens is 238 g/mol. The number of hydrogen-bond acceptors (Lipinski definition) is 5. The molecular formula is C11H9N3O4. The number of aromatic nitrogens is 3. The van der Waals surface area contributed by atoms with Gasteiger partial charge in [0, 0.05) is 0 Å². The summed E-state index contributed by atoms with van der Waals surface area (Å²) in [4.78, 5) is 22.6. The van der Waals surface area contributed by atoms with E-state index in [0.29, 0.717) is 4.80 Å². The molecule has 0 aliphatic rings. The normalized spacial score (nSPS) is 10.0. The average Bonchev–Trinajstić information content (AvgIpc) is 2.87. The lowest BCUT2D eigenvalue weighted by Gasteiger charge is -2.02. The number of carbonyl (C=O) groups is 2. The molecule has 1 aromatic heterocycles. The van der Waals surface area contributed by atoms with Crippen LogP contribution >= 0.6 is 0 Å². The van der Waals surface area contributed by atoms with Crippen molar-refractivity contribution in [2.45, 2.75) is 6.61 Å². The van der Waals surface area contributed by atoms with Crippen molar-refractivity contribution in [3.05, 3.63) is 47.8 Å². The van der Waals surface area contributed by atoms with Crippen LogP contribution in [0.25, 0.3) is 0 Å². The van der Waals surface area contributed by atoms with E-state index in [-0.39, 0.29) is 12.3 Å². The number of carbonyl (C=O) groups excluding carboxylic acids is 1. The van der Waals surface area contributed by atoms with E-state index < -0.39 is 12.1 Å². The monoisotopic (exact) mass is 247 g/mol. The Morgan fingerprint density at radius 3 is 2.61 bits per heavy atom. The molecule has 0 saturated carbocycles. The topological polar surface area (TPSA) is 94.3 Å². The summed E-state index contributed by atoms with van der Waals surface area (Å²) in [5.41, 5.74) is 0.503. The molecule has 7 heteroatoms. The van der Waals surface area contributed by atoms with E-state index in [0.717, 1.165) is 11.8 Å². The van der Waals surface area contributed by atoms with Gasteiger partial charge < -0.3 is 9.84 Å². The quantitative estimate of drug-likeness (QED) is 0.874. The Morgan fingerprint density at radius 2 is 2.00 bits per heavy atom. The van der Waals surface area contributed by atoms with Crippen molar-refractivity contribution in [3.8, 4) is 0 Å². The average molecular weight is 247 g/mol. The third-order valence-electron chi connectivity index (χ3n) is 2.08. The fraction of sp³-hybridized carbons (Fsp3) is 0.0909. The molecule has 0 spiro atoms. The number of ether oxygens (including phenoxy) is 1. The van der Waals surface area contributed by atoms with Crippen molar-refractivity contribution in [1.29, 1.82) is 0 Å². The largest absolute Gasteiger partial charge is 0.476 e. The molecule has 0 bridgehead atoms. The molecule has 0 radical (unpaired) electrons. The van der Waals surface area contributed by atoms with Crippen LogP contribution in [-0.4, -0.2) is 32.2 Å². The van der Waals surface area contributed by atoms with Gasteiger partial charge in [0.1, 0.15) is 6.61 Å². The standard InChI is InChI=1S/C11H9N3O4/c15-10(16)9-6-12-14(13-9)11(17)18-7-8-4-2-1-3-5-8/h1-6H,7H2,(H,15,16). The summed E-state index contributed by atoms with van der Waals surface area (Å²) in [5, 5.41) is 15.6. The van der Waals surface area contributed by atoms with E-state index >= 15 is 0 Å². The summed E-state index contributed by atoms with van der Waals surface area (Å²) in [7, 11) is 0. The molecule has 1 N–H and O–H groups in total. The first-order valence-corrected chi connectivity index (χ1v) is 5.03. The van der Waals surface area contributed by atoms with Gasteiger partial charge in [0.25, 0.3) is 0 Å². The Labute approximate surface area is 102 Å². The molecule has 0 atom stereocenters. The van der Waals surface area contributed by atoms with E-state index in [2.05, 4.69) is 10.2 Å². The Morgan fingerprint density at radius 1 is 1.28 bits per heavy atom. The van der Waals surface area contributed by atoms with Crippen molar-refractivity contribution < 1.29 is 19.4 Å². The lowest BCUT2D eigenvalue weighted by molar-refractivity contribution is 0.0689. The van der Waals surface area contributed by atoms with Gasteiger partial charge >= 0.3 is 12.1 Å². The van der Waals surface area contributed by atoms with Crippen LogP contribution in [0.4, 0.5) is 4.79 Å². The van der Waals surface area contributed by atoms with Crippen LogP contribution in [0, 0.1) is 0 Å². The van der Waals surface area contributed by atoms with E-state index in [1.54, 1.807) is 12.1 Å². The summed E-state index contributed by atoms with van der Waals surface area (Å²) in [6.45, 7) is 0.0730. The predicted octanol–water partition coefficient (Wildman–Crippen LogP) is 1.16. The first kappa shape index (κ1) is 11.8. The summed E-state index contributed by atoms with van der Waals surface area (Å²) >= 11 is 0. The highest BCUT2D eigenvalue weighted by atomic mass is 16.6. The van der Waals surface area contributed by atoms with Crippen molar-refractivity contribution in [3.63, 3.8) is 0 Å². The second-order valence-corrected chi connectivity index (χ2v) is 3.36. The zero-order valence-corrected chi connectivity index (χ0v) is 9.18. The lowest BCUT2D eigenvalue weighted by Crippen LogP contribution is -2.17. The van der Waals surface area contributed by atoms with Crippen LogP contribution in [0.2, 0.25) is 0 Å². The van der Waals surface area contributed by atoms with Crippen molar-refractivity contribution in [1.82, 2.24) is 15.0 Å². The van der Waals surface area contributed by atoms with Crippen LogP contribution in [-0.2, 0) is 11.3 Å². The zero-order chi connectivity index (χ0) is 13.0. The summed E-state index contributed by atoms with van der Waals surface area (Å²) in [6, 6.07) is 9.08. The van der Waals surface area contributed by atoms with Gasteiger partial charge in [-0.25, -0.2) is 9.59 Å². The number of aromatic carboxylic acids is 1. The summed E-state index contributed by atoms with van der Waals surface area (Å²) < 4.78 is 4.91. The van der Waals surface area contributed by atoms with Gasteiger partial charge in [-0.15, -0.1) is 5.10 Å². The predicted molar refractivity (Wildman–Crippen MR) is 59.0 cm³/mol. The number of nitrogens with zero attached hydrogens (tertiary/aromatic N) is 3. The zero-order valence-electron chi connectivity index (χ0n) is 9.18. The first-order chi connectivity index (χ1) is 8.66. The number of carboxylic acids is 1. The molecule has 0 aliphatic heterocycles. The molecule has 2 aromatic rings. The van der Waals surface area contributed by atoms with E-state index in [1.165, 1.54) is 0 Å². The third kappa shape index (κ3) is 2.70. The minimum absolute atomic E-state index is 0.0730. The highest BCUT2D eigenvalue weighted by Crippen LogP contribution is 2.01. The van der Waals surface area contributed by atoms with E-state index in [4.69, 9.17) is 9.84 Å². The molecule has 7 nitrogen and oxygen atoms in total. The van der Waals surface area contributed by atoms with Gasteiger partial charge in [-0.1, -0.05) is 35.1 Å². The van der Waals surface area contributed by atoms with Crippen molar-refractivity contribution in [2.75, 3.05) is 0 Å². The van der Waals surface area contributed by atoms with Crippen LogP contribution in [0.1, 0.15) is 16.1 Å². The van der Waals surface area contributed by atoms with Gasteiger partial charge in [-0.2, -0.15) is 5.10 Å². The van der Waals surface area contributed by atoms with E-state index in [1.807, 2.05) is 18.2 Å². The summed E-state index contributed by atoms with van der Waals surface area (Å²) in [5.74, 6) is -1.25. The second kappa shape index (κ2) is 5.09. The highest BCUT2D eigenvalue weighted by Gasteiger charge is 2.14. The molecule has 92 valence electrons. The van der Waals surface area contributed by atoms with Gasteiger partial charge in [-0.3, -0.25) is 0 Å². The smallest absolute Gasteiger partial charge is 0.452 e. The lowest BCUT2D eigenvalue weighted by atomic mass is 10.2. The fourth-order valence-electron chi connectivity index (χ4n) is 1.23. The minimum atomic E-state index is -1.25. The maximum absolute atomic E-state index is 11.5. The maximum atomic E-state index is 11.5. The Hall–Kier alpha value is -2.70.